The molecular formula is C16H20F6O. The molecule has 23 heavy (non-hydrogen) atoms. The van der Waals surface area contributed by atoms with Crippen LogP contribution >= 0.6 is 0 Å². The topological polar surface area (TPSA) is 20.2 Å². The van der Waals surface area contributed by atoms with Crippen molar-refractivity contribution in [3.8, 4) is 0 Å². The van der Waals surface area contributed by atoms with Crippen LogP contribution in [0.3, 0.4) is 0 Å². The second kappa shape index (κ2) is 3.86. The van der Waals surface area contributed by atoms with Crippen LogP contribution in [0.5, 0.6) is 0 Å². The van der Waals surface area contributed by atoms with Crippen LogP contribution in [0.4, 0.5) is 26.3 Å². The molecule has 7 heteroatoms. The Morgan fingerprint density at radius 3 is 2.04 bits per heavy atom. The quantitative estimate of drug-likeness (QED) is 0.746. The number of alkyl halides is 6. The molecule has 4 aliphatic carbocycles. The Morgan fingerprint density at radius 1 is 1.04 bits per heavy atom. The molecule has 0 aromatic rings. The zero-order valence-electron chi connectivity index (χ0n) is 12.9. The van der Waals surface area contributed by atoms with E-state index >= 15 is 0 Å². The summed E-state index contributed by atoms with van der Waals surface area (Å²) in [5.41, 5.74) is -4.98. The number of hydrogen-bond donors (Lipinski definition) is 1. The van der Waals surface area contributed by atoms with Gasteiger partial charge in [0, 0.05) is 0 Å². The van der Waals surface area contributed by atoms with Crippen LogP contribution in [-0.4, -0.2) is 23.1 Å². The summed E-state index contributed by atoms with van der Waals surface area (Å²) in [7, 11) is 0. The summed E-state index contributed by atoms with van der Waals surface area (Å²) in [5.74, 6) is 0.750. The van der Waals surface area contributed by atoms with Crippen LogP contribution in [0.2, 0.25) is 0 Å². The van der Waals surface area contributed by atoms with Crippen molar-refractivity contribution in [3.63, 3.8) is 0 Å². The van der Waals surface area contributed by atoms with E-state index in [4.69, 9.17) is 0 Å². The number of halogens is 6. The molecule has 132 valence electrons. The van der Waals surface area contributed by atoms with Crippen molar-refractivity contribution >= 4 is 0 Å². The average Bonchev–Trinajstić information content (AvgIpc) is 3.07. The molecule has 0 radical (unpaired) electrons. The molecule has 4 rings (SSSR count). The first-order valence-corrected chi connectivity index (χ1v) is 8.22. The van der Waals surface area contributed by atoms with Gasteiger partial charge in [-0.2, -0.15) is 26.3 Å². The van der Waals surface area contributed by atoms with Crippen molar-refractivity contribution in [2.24, 2.45) is 40.4 Å². The molecule has 0 aliphatic heterocycles. The van der Waals surface area contributed by atoms with Crippen LogP contribution in [0.15, 0.2) is 0 Å². The molecule has 2 spiro atoms. The number of aliphatic hydroxyl groups is 1. The summed E-state index contributed by atoms with van der Waals surface area (Å²) in [6.07, 6.45) is -10.5. The van der Waals surface area contributed by atoms with Crippen molar-refractivity contribution < 1.29 is 31.4 Å². The fourth-order valence-electron chi connectivity index (χ4n) is 7.12. The smallest absolute Gasteiger partial charge is 0.374 e. The highest BCUT2D eigenvalue weighted by atomic mass is 19.4. The van der Waals surface area contributed by atoms with Gasteiger partial charge in [0.05, 0.1) is 0 Å². The maximum Gasteiger partial charge on any atom is 0.426 e. The SMILES string of the molecule is CCC1C2C3C(C)C34CC12CC4CC(O)(C(F)(F)F)C(F)(F)F. The Hall–Kier alpha value is -0.460. The van der Waals surface area contributed by atoms with Crippen molar-refractivity contribution in [2.45, 2.75) is 57.5 Å². The van der Waals surface area contributed by atoms with E-state index in [9.17, 15) is 31.4 Å². The van der Waals surface area contributed by atoms with Crippen LogP contribution in [0.1, 0.15) is 39.5 Å². The van der Waals surface area contributed by atoms with Gasteiger partial charge in [0.15, 0.2) is 0 Å². The molecule has 1 nitrogen and oxygen atoms in total. The van der Waals surface area contributed by atoms with Crippen LogP contribution in [0.25, 0.3) is 0 Å². The molecule has 4 aliphatic rings. The van der Waals surface area contributed by atoms with Gasteiger partial charge in [-0.25, -0.2) is 0 Å². The van der Waals surface area contributed by atoms with Gasteiger partial charge in [0.2, 0.25) is 0 Å². The largest absolute Gasteiger partial charge is 0.426 e. The van der Waals surface area contributed by atoms with Crippen molar-refractivity contribution in [1.29, 1.82) is 0 Å². The van der Waals surface area contributed by atoms with E-state index in [-0.39, 0.29) is 22.7 Å². The predicted molar refractivity (Wildman–Crippen MR) is 69.2 cm³/mol. The number of rotatable bonds is 3. The summed E-state index contributed by atoms with van der Waals surface area (Å²) in [4.78, 5) is 0. The van der Waals surface area contributed by atoms with Crippen LogP contribution in [0, 0.1) is 40.4 Å². The van der Waals surface area contributed by atoms with Gasteiger partial charge in [-0.15, -0.1) is 0 Å². The minimum atomic E-state index is -5.69. The third-order valence-corrected chi connectivity index (χ3v) is 7.95. The van der Waals surface area contributed by atoms with E-state index in [0.29, 0.717) is 18.3 Å². The standard InChI is InChI=1S/C16H20F6O/c1-3-9-11-10-7(2)13(10)6-12(9,11)4-8(13)5-14(23,15(17,18)19)16(20,21)22/h7-11,23H,3-6H2,1-2H3. The summed E-state index contributed by atoms with van der Waals surface area (Å²) in [6, 6.07) is 0. The highest BCUT2D eigenvalue weighted by Gasteiger charge is 2.91. The Morgan fingerprint density at radius 2 is 1.61 bits per heavy atom. The second-order valence-corrected chi connectivity index (χ2v) is 8.34. The summed E-state index contributed by atoms with van der Waals surface area (Å²) >= 11 is 0. The molecular weight excluding hydrogens is 322 g/mol. The third-order valence-electron chi connectivity index (χ3n) is 7.95. The molecule has 0 aromatic heterocycles. The first-order chi connectivity index (χ1) is 10.4. The minimum absolute atomic E-state index is 0.0191. The van der Waals surface area contributed by atoms with E-state index in [0.717, 1.165) is 12.8 Å². The molecule has 2 bridgehead atoms. The Balaban J connectivity index is 1.64. The van der Waals surface area contributed by atoms with Crippen LogP contribution in [-0.2, 0) is 0 Å². The molecule has 7 atom stereocenters. The molecule has 0 saturated heterocycles. The number of hydrogen-bond acceptors (Lipinski definition) is 1. The Bertz CT molecular complexity index is 540. The molecule has 0 heterocycles. The fraction of sp³-hybridized carbons (Fsp3) is 1.00. The molecule has 0 aromatic carbocycles. The summed E-state index contributed by atoms with van der Waals surface area (Å²) < 4.78 is 78.1. The lowest BCUT2D eigenvalue weighted by atomic mass is 9.78. The van der Waals surface area contributed by atoms with Gasteiger partial charge in [-0.1, -0.05) is 20.3 Å². The lowest BCUT2D eigenvalue weighted by Crippen LogP contribution is -2.58. The third kappa shape index (κ3) is 1.52. The zero-order chi connectivity index (χ0) is 17.2. The van der Waals surface area contributed by atoms with Gasteiger partial charge in [-0.05, 0) is 59.7 Å². The average molecular weight is 342 g/mol. The Labute approximate surface area is 130 Å². The summed E-state index contributed by atoms with van der Waals surface area (Å²) in [6.45, 7) is 4.00. The normalized spacial score (nSPS) is 50.7. The predicted octanol–water partition coefficient (Wildman–Crippen LogP) is 4.55. The van der Waals surface area contributed by atoms with Crippen molar-refractivity contribution in [2.75, 3.05) is 0 Å². The molecule has 4 saturated carbocycles. The first kappa shape index (κ1) is 16.0. The Kier molecular flexibility index (Phi) is 2.69. The zero-order valence-corrected chi connectivity index (χ0v) is 12.9. The second-order valence-electron chi connectivity index (χ2n) is 8.34. The lowest BCUT2D eigenvalue weighted by molar-refractivity contribution is -0.373. The van der Waals surface area contributed by atoms with E-state index in [2.05, 4.69) is 0 Å². The van der Waals surface area contributed by atoms with Gasteiger partial charge in [0.1, 0.15) is 0 Å². The van der Waals surface area contributed by atoms with Crippen molar-refractivity contribution in [3.05, 3.63) is 0 Å². The fourth-order valence-corrected chi connectivity index (χ4v) is 7.12. The first-order valence-electron chi connectivity index (χ1n) is 8.22. The van der Waals surface area contributed by atoms with Gasteiger partial charge >= 0.3 is 12.4 Å². The highest BCUT2D eigenvalue weighted by molar-refractivity contribution is 5.38. The van der Waals surface area contributed by atoms with Gasteiger partial charge < -0.3 is 5.11 Å². The maximum atomic E-state index is 13.0. The monoisotopic (exact) mass is 342 g/mol. The van der Waals surface area contributed by atoms with E-state index in [1.165, 1.54) is 0 Å². The van der Waals surface area contributed by atoms with Crippen LogP contribution < -0.4 is 0 Å². The number of fused-ring (bicyclic) bond motifs is 1. The van der Waals surface area contributed by atoms with E-state index in [1.54, 1.807) is 0 Å². The van der Waals surface area contributed by atoms with Crippen molar-refractivity contribution in [1.82, 2.24) is 0 Å². The van der Waals surface area contributed by atoms with Gasteiger partial charge in [0.25, 0.3) is 5.60 Å². The molecule has 1 N–H and O–H groups in total. The molecule has 4 fully saturated rings. The highest BCUT2D eigenvalue weighted by Crippen LogP contribution is 2.96. The molecule has 0 amide bonds. The molecule has 7 unspecified atom stereocenters. The maximum absolute atomic E-state index is 13.0. The minimum Gasteiger partial charge on any atom is -0.374 e. The van der Waals surface area contributed by atoms with E-state index in [1.807, 2.05) is 13.8 Å². The lowest BCUT2D eigenvalue weighted by Gasteiger charge is -2.36. The summed E-state index contributed by atoms with van der Waals surface area (Å²) in [5, 5.41) is 9.56. The van der Waals surface area contributed by atoms with Gasteiger partial charge in [-0.3, -0.25) is 0 Å². The van der Waals surface area contributed by atoms with E-state index < -0.39 is 30.3 Å².